The molecule has 0 aliphatic heterocycles. The summed E-state index contributed by atoms with van der Waals surface area (Å²) in [4.78, 5) is 12.1. The molecule has 2 rings (SSSR count). The number of aromatic nitrogens is 2. The van der Waals surface area contributed by atoms with Gasteiger partial charge in [-0.15, -0.1) is 10.2 Å². The zero-order valence-electron chi connectivity index (χ0n) is 13.6. The summed E-state index contributed by atoms with van der Waals surface area (Å²) in [5.74, 6) is -0.812. The van der Waals surface area contributed by atoms with E-state index >= 15 is 0 Å². The highest BCUT2D eigenvalue weighted by Gasteiger charge is 2.36. The second kappa shape index (κ2) is 7.54. The van der Waals surface area contributed by atoms with Crippen LogP contribution in [0.2, 0.25) is 0 Å². The van der Waals surface area contributed by atoms with Gasteiger partial charge in [-0.2, -0.15) is 13.2 Å². The molecular formula is C13H19F3N4O3S2. The van der Waals surface area contributed by atoms with Gasteiger partial charge >= 0.3 is 6.18 Å². The average Bonchev–Trinajstić information content (AvgIpc) is 2.96. The molecule has 0 saturated heterocycles. The fourth-order valence-electron chi connectivity index (χ4n) is 2.44. The van der Waals surface area contributed by atoms with Crippen molar-refractivity contribution in [3.05, 3.63) is 5.01 Å². The highest BCUT2D eigenvalue weighted by molar-refractivity contribution is 7.90. The first-order valence-electron chi connectivity index (χ1n) is 7.71. The van der Waals surface area contributed by atoms with Crippen molar-refractivity contribution in [1.29, 1.82) is 0 Å². The van der Waals surface area contributed by atoms with Gasteiger partial charge in [0.05, 0.1) is 5.25 Å². The zero-order valence-corrected chi connectivity index (χ0v) is 15.3. The highest BCUT2D eigenvalue weighted by Crippen LogP contribution is 2.33. The summed E-state index contributed by atoms with van der Waals surface area (Å²) < 4.78 is 63.7. The van der Waals surface area contributed by atoms with Gasteiger partial charge in [0.15, 0.2) is 0 Å². The number of hydrogen-bond donors (Lipinski definition) is 2. The van der Waals surface area contributed by atoms with E-state index in [1.807, 2.05) is 0 Å². The molecule has 1 aromatic heterocycles. The number of amides is 1. The Kier molecular flexibility index (Phi) is 6.05. The Morgan fingerprint density at radius 3 is 2.28 bits per heavy atom. The lowest BCUT2D eigenvalue weighted by atomic mass is 9.86. The number of carbonyl (C=O) groups excluding carboxylic acids is 1. The first kappa shape index (κ1) is 20.0. The van der Waals surface area contributed by atoms with Crippen LogP contribution in [-0.2, 0) is 21.0 Å². The molecule has 2 N–H and O–H groups in total. The van der Waals surface area contributed by atoms with Crippen LogP contribution in [0.4, 0.5) is 18.3 Å². The molecule has 0 bridgehead atoms. The van der Waals surface area contributed by atoms with Gasteiger partial charge in [0, 0.05) is 12.0 Å². The Labute approximate surface area is 147 Å². The number of rotatable bonds is 5. The van der Waals surface area contributed by atoms with E-state index in [-0.39, 0.29) is 22.5 Å². The third kappa shape index (κ3) is 5.35. The van der Waals surface area contributed by atoms with Crippen molar-refractivity contribution in [2.75, 3.05) is 5.32 Å². The van der Waals surface area contributed by atoms with Crippen LogP contribution in [0.15, 0.2) is 0 Å². The lowest BCUT2D eigenvalue weighted by Gasteiger charge is -2.28. The summed E-state index contributed by atoms with van der Waals surface area (Å²) in [6.45, 7) is 3.16. The number of nitrogens with zero attached hydrogens (tertiary/aromatic N) is 2. The van der Waals surface area contributed by atoms with Crippen LogP contribution in [0.5, 0.6) is 0 Å². The summed E-state index contributed by atoms with van der Waals surface area (Å²) in [6, 6.07) is -0.227. The molecule has 1 heterocycles. The molecule has 142 valence electrons. The number of nitrogens with one attached hydrogen (secondary N) is 2. The maximum atomic E-state index is 12.5. The van der Waals surface area contributed by atoms with Crippen molar-refractivity contribution in [2.24, 2.45) is 5.92 Å². The van der Waals surface area contributed by atoms with E-state index in [2.05, 4.69) is 20.2 Å². The van der Waals surface area contributed by atoms with Crippen molar-refractivity contribution < 1.29 is 26.4 Å². The summed E-state index contributed by atoms with van der Waals surface area (Å²) in [5.41, 5.74) is 0. The smallest absolute Gasteiger partial charge is 0.300 e. The fourth-order valence-corrected chi connectivity index (χ4v) is 4.02. The number of anilines is 1. The molecule has 1 aliphatic rings. The summed E-state index contributed by atoms with van der Waals surface area (Å²) >= 11 is 0.273. The lowest BCUT2D eigenvalue weighted by molar-refractivity contribution is -0.138. The number of hydrogen-bond acceptors (Lipinski definition) is 6. The minimum atomic E-state index is -4.59. The quantitative estimate of drug-likeness (QED) is 0.790. The van der Waals surface area contributed by atoms with Crippen LogP contribution in [-0.4, -0.2) is 35.8 Å². The van der Waals surface area contributed by atoms with Crippen LogP contribution < -0.4 is 10.0 Å². The van der Waals surface area contributed by atoms with Crippen LogP contribution in [0.3, 0.4) is 0 Å². The molecule has 0 spiro atoms. The Bertz CT molecular complexity index is 710. The van der Waals surface area contributed by atoms with E-state index in [1.54, 1.807) is 13.8 Å². The Hall–Kier alpha value is -1.27. The summed E-state index contributed by atoms with van der Waals surface area (Å²) in [7, 11) is -3.37. The number of alkyl halides is 3. The molecule has 0 atom stereocenters. The topological polar surface area (TPSA) is 101 Å². The van der Waals surface area contributed by atoms with E-state index in [4.69, 9.17) is 0 Å². The molecule has 1 aromatic rings. The van der Waals surface area contributed by atoms with Gasteiger partial charge in [-0.3, -0.25) is 4.79 Å². The van der Waals surface area contributed by atoms with Crippen LogP contribution in [0, 0.1) is 5.92 Å². The molecule has 1 saturated carbocycles. The van der Waals surface area contributed by atoms with Gasteiger partial charge in [0.25, 0.3) is 0 Å². The molecule has 7 nitrogen and oxygen atoms in total. The van der Waals surface area contributed by atoms with Crippen molar-refractivity contribution >= 4 is 32.4 Å². The van der Waals surface area contributed by atoms with E-state index in [0.29, 0.717) is 25.7 Å². The predicted octanol–water partition coefficient (Wildman–Crippen LogP) is 2.38. The van der Waals surface area contributed by atoms with E-state index in [1.165, 1.54) is 0 Å². The Balaban J connectivity index is 1.86. The minimum absolute atomic E-state index is 0.194. The van der Waals surface area contributed by atoms with Crippen LogP contribution >= 0.6 is 11.3 Å². The van der Waals surface area contributed by atoms with E-state index in [0.717, 1.165) is 0 Å². The average molecular weight is 400 g/mol. The van der Waals surface area contributed by atoms with Crippen molar-refractivity contribution in [3.63, 3.8) is 0 Å². The monoisotopic (exact) mass is 400 g/mol. The normalized spacial score (nSPS) is 22.2. The largest absolute Gasteiger partial charge is 0.445 e. The molecule has 1 fully saturated rings. The number of halogens is 3. The van der Waals surface area contributed by atoms with E-state index < -0.39 is 38.3 Å². The second-order valence-electron chi connectivity index (χ2n) is 6.16. The van der Waals surface area contributed by atoms with Crippen molar-refractivity contribution in [2.45, 2.75) is 57.0 Å². The molecule has 0 radical (unpaired) electrons. The standard InChI is InChI=1S/C13H19F3N4O3S2/c1-7(2)25(22,23)20-9-5-3-8(4-6-9)10(21)17-12-19-18-11(24-12)13(14,15)16/h7-9,20H,3-6H2,1-2H3,(H,17,19,21)/t8-,9-. The molecule has 25 heavy (non-hydrogen) atoms. The maximum absolute atomic E-state index is 12.5. The third-order valence-electron chi connectivity index (χ3n) is 3.95. The SMILES string of the molecule is CC(C)S(=O)(=O)N[C@H]1CC[C@H](C(=O)Nc2nnc(C(F)(F)F)s2)CC1. The Morgan fingerprint density at radius 2 is 1.80 bits per heavy atom. The van der Waals surface area contributed by atoms with Crippen LogP contribution in [0.25, 0.3) is 0 Å². The lowest BCUT2D eigenvalue weighted by Crippen LogP contribution is -2.42. The summed E-state index contributed by atoms with van der Waals surface area (Å²) in [5, 5.41) is 6.84. The number of carbonyl (C=O) groups is 1. The molecule has 1 amide bonds. The fraction of sp³-hybridized carbons (Fsp3) is 0.769. The third-order valence-corrected chi connectivity index (χ3v) is 6.73. The van der Waals surface area contributed by atoms with Gasteiger partial charge in [-0.25, -0.2) is 13.1 Å². The first-order valence-corrected chi connectivity index (χ1v) is 10.1. The van der Waals surface area contributed by atoms with E-state index in [9.17, 15) is 26.4 Å². The van der Waals surface area contributed by atoms with Crippen molar-refractivity contribution in [3.8, 4) is 0 Å². The molecule has 0 unspecified atom stereocenters. The minimum Gasteiger partial charge on any atom is -0.300 e. The molecular weight excluding hydrogens is 381 g/mol. The number of sulfonamides is 1. The van der Waals surface area contributed by atoms with Gasteiger partial charge in [0.2, 0.25) is 26.1 Å². The highest BCUT2D eigenvalue weighted by atomic mass is 32.2. The maximum Gasteiger partial charge on any atom is 0.445 e. The summed E-state index contributed by atoms with van der Waals surface area (Å²) in [6.07, 6.45) is -2.71. The second-order valence-corrected chi connectivity index (χ2v) is 9.41. The molecule has 1 aliphatic carbocycles. The molecule has 12 heteroatoms. The van der Waals surface area contributed by atoms with Gasteiger partial charge < -0.3 is 5.32 Å². The predicted molar refractivity (Wildman–Crippen MR) is 86.5 cm³/mol. The first-order chi connectivity index (χ1) is 11.5. The zero-order chi connectivity index (χ0) is 18.8. The van der Waals surface area contributed by atoms with Crippen molar-refractivity contribution in [1.82, 2.24) is 14.9 Å². The van der Waals surface area contributed by atoms with Gasteiger partial charge in [0.1, 0.15) is 0 Å². The van der Waals surface area contributed by atoms with Crippen LogP contribution in [0.1, 0.15) is 44.5 Å². The Morgan fingerprint density at radius 1 is 1.20 bits per heavy atom. The van der Waals surface area contributed by atoms with Gasteiger partial charge in [-0.1, -0.05) is 11.3 Å². The van der Waals surface area contributed by atoms with Gasteiger partial charge in [-0.05, 0) is 39.5 Å². The molecule has 0 aromatic carbocycles.